The maximum Gasteiger partial charge on any atom is 0.247 e. The van der Waals surface area contributed by atoms with Crippen molar-refractivity contribution in [3.8, 4) is 0 Å². The van der Waals surface area contributed by atoms with E-state index in [1.165, 1.54) is 13.8 Å². The lowest BCUT2D eigenvalue weighted by Crippen LogP contribution is -2.65. The van der Waals surface area contributed by atoms with Crippen molar-refractivity contribution in [2.75, 3.05) is 6.54 Å². The number of imide groups is 1. The van der Waals surface area contributed by atoms with Crippen LogP contribution in [0.2, 0.25) is 0 Å². The minimum absolute atomic E-state index is 0.0248. The molecule has 21 heavy (non-hydrogen) atoms. The topological polar surface area (TPSA) is 83.6 Å². The lowest BCUT2D eigenvalue weighted by Gasteiger charge is -2.38. The van der Waals surface area contributed by atoms with Crippen LogP contribution in [0, 0.1) is 5.82 Å². The molecule has 1 N–H and O–H groups in total. The van der Waals surface area contributed by atoms with E-state index in [1.807, 2.05) is 0 Å². The monoisotopic (exact) mass is 378 g/mol. The number of hydrogen-bond acceptors (Lipinski definition) is 4. The quantitative estimate of drug-likeness (QED) is 0.778. The van der Waals surface area contributed by atoms with Crippen molar-refractivity contribution in [3.63, 3.8) is 0 Å². The zero-order valence-corrected chi connectivity index (χ0v) is 13.6. The molecule has 0 aromatic heterocycles. The van der Waals surface area contributed by atoms with Crippen molar-refractivity contribution in [2.24, 2.45) is 0 Å². The van der Waals surface area contributed by atoms with Crippen molar-refractivity contribution in [3.05, 3.63) is 28.5 Å². The number of sulfonamides is 1. The number of benzene rings is 1. The van der Waals surface area contributed by atoms with Crippen LogP contribution in [0.5, 0.6) is 0 Å². The van der Waals surface area contributed by atoms with Gasteiger partial charge in [-0.15, -0.1) is 0 Å². The molecule has 0 spiro atoms. The van der Waals surface area contributed by atoms with Crippen LogP contribution >= 0.6 is 15.9 Å². The zero-order chi connectivity index (χ0) is 16.0. The summed E-state index contributed by atoms with van der Waals surface area (Å²) in [4.78, 5) is 23.1. The highest BCUT2D eigenvalue weighted by Gasteiger charge is 2.48. The van der Waals surface area contributed by atoms with Crippen LogP contribution < -0.4 is 5.32 Å². The van der Waals surface area contributed by atoms with Crippen LogP contribution in [0.4, 0.5) is 4.39 Å². The molecule has 9 heteroatoms. The Bertz CT molecular complexity index is 733. The third kappa shape index (κ3) is 2.72. The first-order valence-electron chi connectivity index (χ1n) is 5.89. The van der Waals surface area contributed by atoms with Gasteiger partial charge in [0.25, 0.3) is 0 Å². The van der Waals surface area contributed by atoms with Gasteiger partial charge in [0.2, 0.25) is 21.8 Å². The molecule has 2 rings (SSSR count). The number of carbonyl (C=O) groups excluding carboxylic acids is 2. The van der Waals surface area contributed by atoms with Gasteiger partial charge in [0, 0.05) is 4.47 Å². The largest absolute Gasteiger partial charge is 0.294 e. The van der Waals surface area contributed by atoms with E-state index < -0.39 is 39.7 Å². The van der Waals surface area contributed by atoms with Gasteiger partial charge in [0.1, 0.15) is 11.4 Å². The van der Waals surface area contributed by atoms with E-state index in [1.54, 1.807) is 0 Å². The Hall–Kier alpha value is -1.32. The molecule has 0 aliphatic carbocycles. The number of amides is 2. The summed E-state index contributed by atoms with van der Waals surface area (Å²) in [5, 5.41) is 2.09. The normalized spacial score (nSPS) is 19.4. The van der Waals surface area contributed by atoms with Gasteiger partial charge in [-0.2, -0.15) is 4.31 Å². The number of carbonyl (C=O) groups is 2. The Kier molecular flexibility index (Phi) is 3.94. The molecular formula is C12H12BrFN2O4S. The fourth-order valence-corrected chi connectivity index (χ4v) is 4.67. The third-order valence-corrected chi connectivity index (χ3v) is 6.18. The average molecular weight is 379 g/mol. The molecule has 1 aliphatic rings. The molecule has 1 heterocycles. The molecule has 6 nitrogen and oxygen atoms in total. The Morgan fingerprint density at radius 3 is 2.52 bits per heavy atom. The van der Waals surface area contributed by atoms with Gasteiger partial charge in [-0.1, -0.05) is 0 Å². The van der Waals surface area contributed by atoms with Crippen LogP contribution in [0.25, 0.3) is 0 Å². The van der Waals surface area contributed by atoms with E-state index in [2.05, 4.69) is 21.2 Å². The van der Waals surface area contributed by atoms with Gasteiger partial charge in [0.05, 0.1) is 11.4 Å². The molecule has 0 saturated carbocycles. The van der Waals surface area contributed by atoms with Crippen LogP contribution in [-0.2, 0) is 19.6 Å². The van der Waals surface area contributed by atoms with Crippen LogP contribution in [0.15, 0.2) is 27.6 Å². The fraction of sp³-hybridized carbons (Fsp3) is 0.333. The first kappa shape index (κ1) is 16.1. The molecule has 0 bridgehead atoms. The maximum absolute atomic E-state index is 13.1. The van der Waals surface area contributed by atoms with Crippen molar-refractivity contribution in [2.45, 2.75) is 24.3 Å². The van der Waals surface area contributed by atoms with Gasteiger partial charge in [-0.3, -0.25) is 14.9 Å². The van der Waals surface area contributed by atoms with E-state index in [-0.39, 0.29) is 9.37 Å². The van der Waals surface area contributed by atoms with Crippen molar-refractivity contribution in [1.82, 2.24) is 9.62 Å². The van der Waals surface area contributed by atoms with E-state index in [0.29, 0.717) is 0 Å². The zero-order valence-electron chi connectivity index (χ0n) is 11.2. The molecular weight excluding hydrogens is 367 g/mol. The molecule has 1 aliphatic heterocycles. The number of rotatable bonds is 2. The minimum Gasteiger partial charge on any atom is -0.294 e. The molecule has 1 aromatic carbocycles. The Labute approximate surface area is 129 Å². The summed E-state index contributed by atoms with van der Waals surface area (Å²) >= 11 is 2.99. The van der Waals surface area contributed by atoms with Crippen molar-refractivity contribution >= 4 is 37.8 Å². The summed E-state index contributed by atoms with van der Waals surface area (Å²) in [5.74, 6) is -2.02. The molecule has 1 saturated heterocycles. The molecule has 0 atom stereocenters. The third-order valence-electron chi connectivity index (χ3n) is 3.18. The van der Waals surface area contributed by atoms with Gasteiger partial charge in [0.15, 0.2) is 0 Å². The van der Waals surface area contributed by atoms with Crippen molar-refractivity contribution in [1.29, 1.82) is 0 Å². The Morgan fingerprint density at radius 2 is 1.95 bits per heavy atom. The highest BCUT2D eigenvalue weighted by atomic mass is 79.9. The second-order valence-corrected chi connectivity index (χ2v) is 7.71. The average Bonchev–Trinajstić information content (AvgIpc) is 2.33. The molecule has 1 fully saturated rings. The smallest absolute Gasteiger partial charge is 0.247 e. The van der Waals surface area contributed by atoms with E-state index in [0.717, 1.165) is 22.5 Å². The standard InChI is InChI=1S/C12H12BrFN2O4S/c1-12(2)11(18)15-10(17)6-16(12)21(19,20)9-4-3-7(14)5-8(9)13/h3-5H,6H2,1-2H3,(H,15,17,18). The first-order chi connectivity index (χ1) is 9.56. The predicted octanol–water partition coefficient (Wildman–Crippen LogP) is 1.01. The summed E-state index contributed by atoms with van der Waals surface area (Å²) in [5.41, 5.74) is -1.43. The van der Waals surface area contributed by atoms with Crippen LogP contribution in [0.1, 0.15) is 13.8 Å². The maximum atomic E-state index is 13.1. The van der Waals surface area contributed by atoms with E-state index in [9.17, 15) is 22.4 Å². The van der Waals surface area contributed by atoms with E-state index in [4.69, 9.17) is 0 Å². The Balaban J connectivity index is 2.56. The summed E-state index contributed by atoms with van der Waals surface area (Å²) < 4.78 is 39.3. The minimum atomic E-state index is -4.14. The lowest BCUT2D eigenvalue weighted by molar-refractivity contribution is -0.141. The number of nitrogens with one attached hydrogen (secondary N) is 1. The van der Waals surface area contributed by atoms with Gasteiger partial charge < -0.3 is 0 Å². The summed E-state index contributed by atoms with van der Waals surface area (Å²) in [6.45, 7) is 2.30. The van der Waals surface area contributed by atoms with E-state index >= 15 is 0 Å². The highest BCUT2D eigenvalue weighted by molar-refractivity contribution is 9.10. The summed E-state index contributed by atoms with van der Waals surface area (Å²) in [6.07, 6.45) is 0. The second-order valence-electron chi connectivity index (χ2n) is 5.02. The molecule has 2 amide bonds. The van der Waals surface area contributed by atoms with Gasteiger partial charge in [-0.25, -0.2) is 12.8 Å². The number of hydrogen-bond donors (Lipinski definition) is 1. The van der Waals surface area contributed by atoms with Crippen LogP contribution in [-0.4, -0.2) is 36.6 Å². The van der Waals surface area contributed by atoms with Crippen molar-refractivity contribution < 1.29 is 22.4 Å². The SMILES string of the molecule is CC1(C)C(=O)NC(=O)CN1S(=O)(=O)c1ccc(F)cc1Br. The highest BCUT2D eigenvalue weighted by Crippen LogP contribution is 2.31. The number of halogens is 2. The number of piperazine rings is 1. The fourth-order valence-electron chi connectivity index (χ4n) is 1.95. The molecule has 114 valence electrons. The summed E-state index contributed by atoms with van der Waals surface area (Å²) in [6, 6.07) is 3.09. The second kappa shape index (κ2) is 5.15. The molecule has 0 radical (unpaired) electrons. The van der Waals surface area contributed by atoms with Crippen LogP contribution in [0.3, 0.4) is 0 Å². The summed E-state index contributed by atoms with van der Waals surface area (Å²) in [7, 11) is -4.14. The molecule has 0 unspecified atom stereocenters. The predicted molar refractivity (Wildman–Crippen MR) is 75.2 cm³/mol. The first-order valence-corrected chi connectivity index (χ1v) is 8.12. The lowest BCUT2D eigenvalue weighted by atomic mass is 10.0. The number of nitrogens with zero attached hydrogens (tertiary/aromatic N) is 1. The Morgan fingerprint density at radius 1 is 1.33 bits per heavy atom. The van der Waals surface area contributed by atoms with Gasteiger partial charge >= 0.3 is 0 Å². The molecule has 1 aromatic rings. The van der Waals surface area contributed by atoms with Gasteiger partial charge in [-0.05, 0) is 48.0 Å².